The molecule has 0 radical (unpaired) electrons. The molecule has 0 aliphatic heterocycles. The lowest BCUT2D eigenvalue weighted by Gasteiger charge is -2.12. The smallest absolute Gasteiger partial charge is 0.314 e. The van der Waals surface area contributed by atoms with Crippen LogP contribution in [0.5, 0.6) is 5.75 Å². The minimum atomic E-state index is -0.129. The van der Waals surface area contributed by atoms with Crippen LogP contribution in [-0.4, -0.2) is 5.97 Å². The summed E-state index contributed by atoms with van der Waals surface area (Å²) < 4.78 is 5.40. The van der Waals surface area contributed by atoms with Gasteiger partial charge < -0.3 is 4.74 Å². The number of carbonyl (C=O) groups is 1. The summed E-state index contributed by atoms with van der Waals surface area (Å²) in [5.41, 5.74) is 2.19. The van der Waals surface area contributed by atoms with E-state index in [0.717, 1.165) is 24.0 Å². The first-order valence-corrected chi connectivity index (χ1v) is 5.84. The quantitative estimate of drug-likeness (QED) is 0.572. The zero-order chi connectivity index (χ0) is 12.1. The standard InChI is InChI=1S/C14H20O2/c1-5-7-11(3)14(15)16-13-9-6-8-10(2)12(13)4/h6,8-9,11H,5,7H2,1-4H3. The van der Waals surface area contributed by atoms with Crippen molar-refractivity contribution in [3.63, 3.8) is 0 Å². The minimum Gasteiger partial charge on any atom is -0.426 e. The summed E-state index contributed by atoms with van der Waals surface area (Å²) in [5.74, 6) is 0.536. The van der Waals surface area contributed by atoms with E-state index < -0.39 is 0 Å². The van der Waals surface area contributed by atoms with Crippen LogP contribution in [0.25, 0.3) is 0 Å². The number of rotatable bonds is 4. The molecule has 0 saturated carbocycles. The summed E-state index contributed by atoms with van der Waals surface area (Å²) in [4.78, 5) is 11.7. The molecule has 0 aliphatic carbocycles. The number of carbonyl (C=O) groups excluding carboxylic acids is 1. The van der Waals surface area contributed by atoms with Gasteiger partial charge in [0.1, 0.15) is 5.75 Å². The Balaban J connectivity index is 2.73. The van der Waals surface area contributed by atoms with E-state index in [0.29, 0.717) is 5.75 Å². The van der Waals surface area contributed by atoms with Gasteiger partial charge in [0.25, 0.3) is 0 Å². The van der Waals surface area contributed by atoms with Gasteiger partial charge >= 0.3 is 5.97 Å². The maximum atomic E-state index is 11.7. The number of hydrogen-bond donors (Lipinski definition) is 0. The van der Waals surface area contributed by atoms with Crippen molar-refractivity contribution in [1.82, 2.24) is 0 Å². The van der Waals surface area contributed by atoms with E-state index >= 15 is 0 Å². The second kappa shape index (κ2) is 5.69. The SMILES string of the molecule is CCCC(C)C(=O)Oc1cccc(C)c1C. The van der Waals surface area contributed by atoms with Crippen LogP contribution >= 0.6 is 0 Å². The number of esters is 1. The molecule has 1 unspecified atom stereocenters. The highest BCUT2D eigenvalue weighted by atomic mass is 16.5. The van der Waals surface area contributed by atoms with Crippen molar-refractivity contribution in [2.75, 3.05) is 0 Å². The number of hydrogen-bond acceptors (Lipinski definition) is 2. The molecule has 88 valence electrons. The molecule has 1 atom stereocenters. The normalized spacial score (nSPS) is 12.2. The second-order valence-corrected chi connectivity index (χ2v) is 4.31. The van der Waals surface area contributed by atoms with Crippen molar-refractivity contribution in [2.45, 2.75) is 40.5 Å². The van der Waals surface area contributed by atoms with Crippen molar-refractivity contribution in [3.8, 4) is 5.75 Å². The average molecular weight is 220 g/mol. The molecule has 0 spiro atoms. The number of aryl methyl sites for hydroxylation is 1. The monoisotopic (exact) mass is 220 g/mol. The van der Waals surface area contributed by atoms with Crippen LogP contribution in [0.4, 0.5) is 0 Å². The molecule has 1 aromatic carbocycles. The first kappa shape index (κ1) is 12.8. The number of benzene rings is 1. The van der Waals surface area contributed by atoms with Crippen LogP contribution in [0.15, 0.2) is 18.2 Å². The zero-order valence-corrected chi connectivity index (χ0v) is 10.5. The summed E-state index contributed by atoms with van der Waals surface area (Å²) in [5, 5.41) is 0. The molecule has 1 rings (SSSR count). The lowest BCUT2D eigenvalue weighted by atomic mass is 10.1. The van der Waals surface area contributed by atoms with Crippen molar-refractivity contribution in [2.24, 2.45) is 5.92 Å². The molecule has 0 heterocycles. The lowest BCUT2D eigenvalue weighted by molar-refractivity contribution is -0.138. The molecule has 0 aromatic heterocycles. The third-order valence-electron chi connectivity index (χ3n) is 2.89. The molecule has 0 aliphatic rings. The molecule has 2 heteroatoms. The Morgan fingerprint density at radius 1 is 1.38 bits per heavy atom. The number of ether oxygens (including phenoxy) is 1. The Labute approximate surface area is 97.6 Å². The van der Waals surface area contributed by atoms with Gasteiger partial charge in [0, 0.05) is 0 Å². The van der Waals surface area contributed by atoms with Gasteiger partial charge in [-0.2, -0.15) is 0 Å². The van der Waals surface area contributed by atoms with E-state index in [2.05, 4.69) is 6.92 Å². The molecule has 0 fully saturated rings. The molecule has 0 bridgehead atoms. The van der Waals surface area contributed by atoms with Gasteiger partial charge in [-0.3, -0.25) is 4.79 Å². The van der Waals surface area contributed by atoms with Gasteiger partial charge in [-0.25, -0.2) is 0 Å². The van der Waals surface area contributed by atoms with Gasteiger partial charge in [0.2, 0.25) is 0 Å². The van der Waals surface area contributed by atoms with E-state index in [1.165, 1.54) is 0 Å². The lowest BCUT2D eigenvalue weighted by Crippen LogP contribution is -2.18. The Hall–Kier alpha value is -1.31. The van der Waals surface area contributed by atoms with Crippen molar-refractivity contribution in [1.29, 1.82) is 0 Å². The minimum absolute atomic E-state index is 0.0232. The summed E-state index contributed by atoms with van der Waals surface area (Å²) in [6, 6.07) is 5.77. The highest BCUT2D eigenvalue weighted by Gasteiger charge is 2.15. The third kappa shape index (κ3) is 3.09. The van der Waals surface area contributed by atoms with Crippen LogP contribution in [0.3, 0.4) is 0 Å². The third-order valence-corrected chi connectivity index (χ3v) is 2.89. The predicted molar refractivity (Wildman–Crippen MR) is 65.6 cm³/mol. The average Bonchev–Trinajstić information content (AvgIpc) is 2.25. The van der Waals surface area contributed by atoms with E-state index in [9.17, 15) is 4.79 Å². The van der Waals surface area contributed by atoms with E-state index in [-0.39, 0.29) is 11.9 Å². The van der Waals surface area contributed by atoms with Crippen molar-refractivity contribution in [3.05, 3.63) is 29.3 Å². The fourth-order valence-electron chi connectivity index (χ4n) is 1.59. The topological polar surface area (TPSA) is 26.3 Å². The Bertz CT molecular complexity index is 369. The largest absolute Gasteiger partial charge is 0.426 e. The van der Waals surface area contributed by atoms with E-state index in [1.807, 2.05) is 39.0 Å². The summed E-state index contributed by atoms with van der Waals surface area (Å²) in [6.07, 6.45) is 1.88. The van der Waals surface area contributed by atoms with Gasteiger partial charge in [-0.05, 0) is 37.5 Å². The van der Waals surface area contributed by atoms with E-state index in [1.54, 1.807) is 0 Å². The van der Waals surface area contributed by atoms with Crippen molar-refractivity contribution < 1.29 is 9.53 Å². The summed E-state index contributed by atoms with van der Waals surface area (Å²) in [6.45, 7) is 7.98. The molecule has 1 aromatic rings. The zero-order valence-electron chi connectivity index (χ0n) is 10.5. The maximum absolute atomic E-state index is 11.7. The molecule has 2 nitrogen and oxygen atoms in total. The second-order valence-electron chi connectivity index (χ2n) is 4.31. The maximum Gasteiger partial charge on any atom is 0.314 e. The van der Waals surface area contributed by atoms with E-state index in [4.69, 9.17) is 4.74 Å². The first-order valence-electron chi connectivity index (χ1n) is 5.84. The van der Waals surface area contributed by atoms with Crippen LogP contribution in [0, 0.1) is 19.8 Å². The molecule has 0 amide bonds. The fraction of sp³-hybridized carbons (Fsp3) is 0.500. The van der Waals surface area contributed by atoms with Crippen molar-refractivity contribution >= 4 is 5.97 Å². The molecule has 0 N–H and O–H groups in total. The van der Waals surface area contributed by atoms with Gasteiger partial charge in [0.15, 0.2) is 0 Å². The van der Waals surface area contributed by atoms with Crippen LogP contribution in [0.2, 0.25) is 0 Å². The fourth-order valence-corrected chi connectivity index (χ4v) is 1.59. The van der Waals surface area contributed by atoms with Gasteiger partial charge in [0.05, 0.1) is 5.92 Å². The van der Waals surface area contributed by atoms with Crippen LogP contribution in [0.1, 0.15) is 37.8 Å². The van der Waals surface area contributed by atoms with Gasteiger partial charge in [-0.15, -0.1) is 0 Å². The highest BCUT2D eigenvalue weighted by Crippen LogP contribution is 2.22. The van der Waals surface area contributed by atoms with Gasteiger partial charge in [-0.1, -0.05) is 32.4 Å². The molecule has 0 saturated heterocycles. The highest BCUT2D eigenvalue weighted by molar-refractivity contribution is 5.75. The Kier molecular flexibility index (Phi) is 4.53. The summed E-state index contributed by atoms with van der Waals surface area (Å²) >= 11 is 0. The first-order chi connectivity index (χ1) is 7.56. The molecular formula is C14H20O2. The Morgan fingerprint density at radius 3 is 2.69 bits per heavy atom. The predicted octanol–water partition coefficient (Wildman–Crippen LogP) is 3.65. The molecule has 16 heavy (non-hydrogen) atoms. The summed E-state index contributed by atoms with van der Waals surface area (Å²) in [7, 11) is 0. The molecular weight excluding hydrogens is 200 g/mol. The Morgan fingerprint density at radius 2 is 2.06 bits per heavy atom. The van der Waals surface area contributed by atoms with Crippen LogP contribution in [-0.2, 0) is 4.79 Å². The van der Waals surface area contributed by atoms with Crippen LogP contribution < -0.4 is 4.74 Å².